The maximum atomic E-state index is 12.8. The molecule has 1 N–H and O–H groups in total. The van der Waals surface area contributed by atoms with Crippen LogP contribution in [0, 0.1) is 13.8 Å². The van der Waals surface area contributed by atoms with Crippen molar-refractivity contribution in [2.45, 2.75) is 32.7 Å². The molecule has 0 spiro atoms. The molecule has 0 fully saturated rings. The first-order valence-electron chi connectivity index (χ1n) is 11.9. The highest BCUT2D eigenvalue weighted by Gasteiger charge is 2.21. The van der Waals surface area contributed by atoms with Crippen molar-refractivity contribution in [3.05, 3.63) is 106 Å². The minimum Gasteiger partial charge on any atom is -0.548 e. The first-order chi connectivity index (χ1) is 17.8. The lowest BCUT2D eigenvalue weighted by Crippen LogP contribution is -2.49. The minimum atomic E-state index is -1.40. The second kappa shape index (κ2) is 9.78. The lowest BCUT2D eigenvalue weighted by atomic mass is 9.98. The molecule has 7 nitrogen and oxygen atoms in total. The Bertz CT molecular complexity index is 1680. The number of aryl methyl sites for hydroxylation is 2. The van der Waals surface area contributed by atoms with E-state index in [4.69, 9.17) is 8.83 Å². The molecular formula is C30H24NO6-. The summed E-state index contributed by atoms with van der Waals surface area (Å²) in [5.74, 6) is -1.27. The molecule has 3 aromatic carbocycles. The van der Waals surface area contributed by atoms with E-state index in [0.29, 0.717) is 22.1 Å². The number of benzene rings is 3. The highest BCUT2D eigenvalue weighted by Crippen LogP contribution is 2.37. The number of amides is 1. The van der Waals surface area contributed by atoms with Gasteiger partial charge < -0.3 is 24.1 Å². The molecule has 0 radical (unpaired) electrons. The van der Waals surface area contributed by atoms with Crippen molar-refractivity contribution >= 4 is 33.8 Å². The van der Waals surface area contributed by atoms with Gasteiger partial charge in [-0.15, -0.1) is 0 Å². The Morgan fingerprint density at radius 3 is 2.22 bits per heavy atom. The van der Waals surface area contributed by atoms with Crippen molar-refractivity contribution < 1.29 is 23.5 Å². The van der Waals surface area contributed by atoms with Gasteiger partial charge in [0.1, 0.15) is 16.9 Å². The van der Waals surface area contributed by atoms with Gasteiger partial charge in [0.15, 0.2) is 0 Å². The van der Waals surface area contributed by atoms with Crippen LogP contribution in [-0.2, 0) is 22.4 Å². The van der Waals surface area contributed by atoms with E-state index in [0.717, 1.165) is 27.8 Å². The van der Waals surface area contributed by atoms with Crippen LogP contribution in [0.25, 0.3) is 33.1 Å². The van der Waals surface area contributed by atoms with Gasteiger partial charge in [-0.2, -0.15) is 0 Å². The Morgan fingerprint density at radius 1 is 0.892 bits per heavy atom. The number of carbonyl (C=O) groups is 2. The highest BCUT2D eigenvalue weighted by molar-refractivity contribution is 6.03. The molecule has 5 rings (SSSR count). The molecule has 0 aliphatic rings. The van der Waals surface area contributed by atoms with Gasteiger partial charge in [-0.3, -0.25) is 4.79 Å². The number of furan rings is 1. The van der Waals surface area contributed by atoms with Crippen LogP contribution in [-0.4, -0.2) is 17.9 Å². The van der Waals surface area contributed by atoms with E-state index < -0.39 is 23.5 Å². The number of fused-ring (bicyclic) bond motifs is 2. The third-order valence-corrected chi connectivity index (χ3v) is 6.57. The monoisotopic (exact) mass is 494 g/mol. The first-order valence-corrected chi connectivity index (χ1v) is 11.9. The molecule has 0 saturated heterocycles. The molecule has 0 unspecified atom stereocenters. The maximum Gasteiger partial charge on any atom is 0.340 e. The second-order valence-electron chi connectivity index (χ2n) is 9.04. The number of rotatable bonds is 7. The number of carboxylic acid groups (broad SMARTS) is 1. The predicted molar refractivity (Wildman–Crippen MR) is 138 cm³/mol. The molecule has 0 bridgehead atoms. The standard InChI is InChI=1S/C30H25NO6/c1-17-21-14-23-26(36-18(2)28(23)20-11-7-4-8-12-20)16-25(21)37-30(35)22(17)15-27(32)31-24(29(33)34)13-19-9-5-3-6-10-19/h3-12,14,16,24H,13,15H2,1-2H3,(H,31,32)(H,33,34)/p-1/t24-/m0/s1. The summed E-state index contributed by atoms with van der Waals surface area (Å²) in [6.07, 6.45) is -0.253. The van der Waals surface area contributed by atoms with Crippen LogP contribution in [0.2, 0.25) is 0 Å². The Morgan fingerprint density at radius 2 is 1.54 bits per heavy atom. The smallest absolute Gasteiger partial charge is 0.340 e. The summed E-state index contributed by atoms with van der Waals surface area (Å²) in [4.78, 5) is 37.3. The highest BCUT2D eigenvalue weighted by atomic mass is 16.4. The number of carbonyl (C=O) groups excluding carboxylic acids is 2. The summed E-state index contributed by atoms with van der Waals surface area (Å²) >= 11 is 0. The fourth-order valence-electron chi connectivity index (χ4n) is 4.72. The number of hydrogen-bond donors (Lipinski definition) is 1. The maximum absolute atomic E-state index is 12.8. The summed E-state index contributed by atoms with van der Waals surface area (Å²) in [6, 6.07) is 21.1. The van der Waals surface area contributed by atoms with E-state index in [2.05, 4.69) is 5.32 Å². The van der Waals surface area contributed by atoms with Gasteiger partial charge in [-0.25, -0.2) is 4.79 Å². The molecular weight excluding hydrogens is 470 g/mol. The Hall–Kier alpha value is -4.65. The topological polar surface area (TPSA) is 113 Å². The van der Waals surface area contributed by atoms with Gasteiger partial charge in [0, 0.05) is 22.4 Å². The van der Waals surface area contributed by atoms with Gasteiger partial charge in [0.05, 0.1) is 24.0 Å². The number of hydrogen-bond acceptors (Lipinski definition) is 6. The average Bonchev–Trinajstić information content (AvgIpc) is 3.20. The zero-order chi connectivity index (χ0) is 26.1. The van der Waals surface area contributed by atoms with Crippen molar-refractivity contribution in [1.82, 2.24) is 5.32 Å². The van der Waals surface area contributed by atoms with Gasteiger partial charge in [-0.1, -0.05) is 60.7 Å². The van der Waals surface area contributed by atoms with Crippen LogP contribution < -0.4 is 16.0 Å². The molecule has 2 aromatic heterocycles. The molecule has 1 amide bonds. The lowest BCUT2D eigenvalue weighted by molar-refractivity contribution is -0.308. The second-order valence-corrected chi connectivity index (χ2v) is 9.04. The summed E-state index contributed by atoms with van der Waals surface area (Å²) in [7, 11) is 0. The molecule has 1 atom stereocenters. The molecule has 2 heterocycles. The molecule has 0 aliphatic carbocycles. The number of nitrogens with one attached hydrogen (secondary N) is 1. The fourth-order valence-corrected chi connectivity index (χ4v) is 4.72. The van der Waals surface area contributed by atoms with Gasteiger partial charge in [0.25, 0.3) is 0 Å². The van der Waals surface area contributed by atoms with Gasteiger partial charge in [0.2, 0.25) is 5.91 Å². The van der Waals surface area contributed by atoms with E-state index in [1.807, 2.05) is 49.4 Å². The molecule has 0 saturated carbocycles. The Balaban J connectivity index is 1.49. The van der Waals surface area contributed by atoms with Crippen LogP contribution in [0.15, 0.2) is 86.4 Å². The van der Waals surface area contributed by atoms with Crippen LogP contribution in [0.5, 0.6) is 0 Å². The molecule has 186 valence electrons. The predicted octanol–water partition coefficient (Wildman–Crippen LogP) is 3.84. The van der Waals surface area contributed by atoms with Crippen LogP contribution in [0.3, 0.4) is 0 Å². The number of aliphatic carboxylic acids is 1. The van der Waals surface area contributed by atoms with E-state index >= 15 is 0 Å². The van der Waals surface area contributed by atoms with Crippen LogP contribution in [0.1, 0.15) is 22.5 Å². The van der Waals surface area contributed by atoms with E-state index in [9.17, 15) is 19.5 Å². The van der Waals surface area contributed by atoms with E-state index in [-0.39, 0.29) is 18.4 Å². The van der Waals surface area contributed by atoms with Gasteiger partial charge in [-0.05, 0) is 43.0 Å². The van der Waals surface area contributed by atoms with Crippen molar-refractivity contribution in [2.24, 2.45) is 0 Å². The Labute approximate surface area is 212 Å². The quantitative estimate of drug-likeness (QED) is 0.344. The lowest BCUT2D eigenvalue weighted by Gasteiger charge is -2.20. The van der Waals surface area contributed by atoms with Crippen molar-refractivity contribution in [3.8, 4) is 11.1 Å². The summed E-state index contributed by atoms with van der Waals surface area (Å²) < 4.78 is 11.5. The van der Waals surface area contributed by atoms with Crippen molar-refractivity contribution in [3.63, 3.8) is 0 Å². The summed E-state index contributed by atoms with van der Waals surface area (Å²) in [5.41, 5.74) is 3.74. The Kier molecular flexibility index (Phi) is 6.36. The van der Waals surface area contributed by atoms with Crippen molar-refractivity contribution in [1.29, 1.82) is 0 Å². The van der Waals surface area contributed by atoms with Crippen LogP contribution >= 0.6 is 0 Å². The molecule has 5 aromatic rings. The fraction of sp³-hybridized carbons (Fsp3) is 0.167. The van der Waals surface area contributed by atoms with Crippen molar-refractivity contribution in [2.75, 3.05) is 0 Å². The van der Waals surface area contributed by atoms with E-state index in [1.54, 1.807) is 37.3 Å². The minimum absolute atomic E-state index is 0.0698. The molecule has 7 heteroatoms. The summed E-state index contributed by atoms with van der Waals surface area (Å²) in [5, 5.41) is 15.7. The SMILES string of the molecule is Cc1oc2cc3oc(=O)c(CC(=O)N[C@@H](Cc4ccccc4)C(=O)[O-])c(C)c3cc2c1-c1ccccc1. The third-order valence-electron chi connectivity index (χ3n) is 6.57. The first kappa shape index (κ1) is 24.1. The largest absolute Gasteiger partial charge is 0.548 e. The van der Waals surface area contributed by atoms with Gasteiger partial charge >= 0.3 is 5.63 Å². The third kappa shape index (κ3) is 4.76. The number of carboxylic acids is 1. The van der Waals surface area contributed by atoms with E-state index in [1.165, 1.54) is 0 Å². The van der Waals surface area contributed by atoms with Crippen LogP contribution in [0.4, 0.5) is 0 Å². The summed E-state index contributed by atoms with van der Waals surface area (Å²) in [6.45, 7) is 3.64. The normalized spacial score (nSPS) is 12.1. The zero-order valence-corrected chi connectivity index (χ0v) is 20.4. The molecule has 37 heavy (non-hydrogen) atoms. The molecule has 0 aliphatic heterocycles. The average molecular weight is 495 g/mol. The zero-order valence-electron chi connectivity index (χ0n) is 20.4.